The Hall–Kier alpha value is -1.53. The van der Waals surface area contributed by atoms with Crippen LogP contribution in [0.5, 0.6) is 5.75 Å². The number of nitrogens with two attached hydrogens (primary N) is 1. The van der Waals surface area contributed by atoms with E-state index in [4.69, 9.17) is 15.2 Å². The number of benzene rings is 2. The number of hydrogen-bond acceptors (Lipinski definition) is 4. The Morgan fingerprint density at radius 1 is 1.19 bits per heavy atom. The lowest BCUT2D eigenvalue weighted by atomic mass is 10.2. The van der Waals surface area contributed by atoms with Crippen LogP contribution in [-0.2, 0) is 11.3 Å². The number of anilines is 1. The maximum absolute atomic E-state index is 12.0. The lowest BCUT2D eigenvalue weighted by Gasteiger charge is -2.09. The molecule has 0 atom stereocenters. The largest absolute Gasteiger partial charge is 0.497 e. The summed E-state index contributed by atoms with van der Waals surface area (Å²) in [4.78, 5) is 12.0. The van der Waals surface area contributed by atoms with Crippen LogP contribution < -0.4 is 10.5 Å². The van der Waals surface area contributed by atoms with Gasteiger partial charge in [-0.15, -0.1) is 0 Å². The van der Waals surface area contributed by atoms with Crippen LogP contribution in [0.1, 0.15) is 15.9 Å². The second-order valence-electron chi connectivity index (χ2n) is 4.31. The third-order valence-corrected chi connectivity index (χ3v) is 4.00. The van der Waals surface area contributed by atoms with Crippen molar-refractivity contribution in [3.8, 4) is 5.75 Å². The van der Waals surface area contributed by atoms with Crippen LogP contribution in [0.25, 0.3) is 0 Å². The number of carbonyl (C=O) groups excluding carboxylic acids is 1. The molecule has 0 bridgehead atoms. The van der Waals surface area contributed by atoms with Gasteiger partial charge in [0.2, 0.25) is 0 Å². The average molecular weight is 415 g/mol. The van der Waals surface area contributed by atoms with Gasteiger partial charge in [0.1, 0.15) is 12.4 Å². The van der Waals surface area contributed by atoms with Crippen molar-refractivity contribution < 1.29 is 14.3 Å². The Labute approximate surface area is 139 Å². The Morgan fingerprint density at radius 2 is 1.95 bits per heavy atom. The molecule has 2 N–H and O–H groups in total. The molecule has 4 nitrogen and oxygen atoms in total. The van der Waals surface area contributed by atoms with Gasteiger partial charge in [-0.05, 0) is 36.4 Å². The van der Waals surface area contributed by atoms with Crippen molar-refractivity contribution >= 4 is 43.5 Å². The first-order chi connectivity index (χ1) is 9.99. The van der Waals surface area contributed by atoms with E-state index in [0.717, 1.165) is 14.5 Å². The lowest BCUT2D eigenvalue weighted by Crippen LogP contribution is -2.06. The number of halogens is 2. The monoisotopic (exact) mass is 413 g/mol. The number of rotatable bonds is 4. The van der Waals surface area contributed by atoms with E-state index >= 15 is 0 Å². The fourth-order valence-corrected chi connectivity index (χ4v) is 2.62. The normalized spacial score (nSPS) is 10.2. The SMILES string of the molecule is COc1ccc(Br)c(COC(=O)c2cc(N)cc(Br)c2)c1. The third kappa shape index (κ3) is 4.22. The number of methoxy groups -OCH3 is 1. The highest BCUT2D eigenvalue weighted by molar-refractivity contribution is 9.10. The number of hydrogen-bond donors (Lipinski definition) is 1. The molecule has 0 saturated carbocycles. The molecule has 2 rings (SSSR count). The molecule has 110 valence electrons. The van der Waals surface area contributed by atoms with Gasteiger partial charge < -0.3 is 15.2 Å². The van der Waals surface area contributed by atoms with Crippen LogP contribution in [-0.4, -0.2) is 13.1 Å². The van der Waals surface area contributed by atoms with Crippen molar-refractivity contribution in [2.75, 3.05) is 12.8 Å². The van der Waals surface area contributed by atoms with Gasteiger partial charge >= 0.3 is 5.97 Å². The van der Waals surface area contributed by atoms with Crippen LogP contribution in [0, 0.1) is 0 Å². The van der Waals surface area contributed by atoms with Crippen molar-refractivity contribution in [2.24, 2.45) is 0 Å². The molecule has 0 spiro atoms. The van der Waals surface area contributed by atoms with E-state index in [2.05, 4.69) is 31.9 Å². The third-order valence-electron chi connectivity index (χ3n) is 2.77. The second-order valence-corrected chi connectivity index (χ2v) is 6.08. The lowest BCUT2D eigenvalue weighted by molar-refractivity contribution is 0.0471. The van der Waals surface area contributed by atoms with Gasteiger partial charge in [0, 0.05) is 20.2 Å². The molecule has 2 aromatic carbocycles. The molecule has 0 aliphatic carbocycles. The van der Waals surface area contributed by atoms with E-state index in [1.807, 2.05) is 18.2 Å². The first-order valence-corrected chi connectivity index (χ1v) is 7.64. The predicted octanol–water partition coefficient (Wildman–Crippen LogP) is 4.16. The Morgan fingerprint density at radius 3 is 2.62 bits per heavy atom. The van der Waals surface area contributed by atoms with Gasteiger partial charge in [-0.3, -0.25) is 0 Å². The highest BCUT2D eigenvalue weighted by atomic mass is 79.9. The highest BCUT2D eigenvalue weighted by Crippen LogP contribution is 2.24. The minimum atomic E-state index is -0.433. The number of carbonyl (C=O) groups is 1. The van der Waals surface area contributed by atoms with Crippen LogP contribution in [0.2, 0.25) is 0 Å². The zero-order valence-electron chi connectivity index (χ0n) is 11.2. The predicted molar refractivity (Wildman–Crippen MR) is 88.4 cm³/mol. The molecule has 21 heavy (non-hydrogen) atoms. The molecule has 0 aromatic heterocycles. The molecular weight excluding hydrogens is 402 g/mol. The summed E-state index contributed by atoms with van der Waals surface area (Å²) in [5.41, 5.74) is 7.43. The van der Waals surface area contributed by atoms with Crippen LogP contribution in [0.15, 0.2) is 45.3 Å². The van der Waals surface area contributed by atoms with Gasteiger partial charge in [-0.2, -0.15) is 0 Å². The molecule has 0 radical (unpaired) electrons. The molecule has 2 aromatic rings. The van der Waals surface area contributed by atoms with Crippen LogP contribution >= 0.6 is 31.9 Å². The first kappa shape index (κ1) is 15.9. The van der Waals surface area contributed by atoms with Gasteiger partial charge in [0.05, 0.1) is 12.7 Å². The summed E-state index contributed by atoms with van der Waals surface area (Å²) >= 11 is 6.71. The molecule has 0 heterocycles. The van der Waals surface area contributed by atoms with E-state index < -0.39 is 5.97 Å². The van der Waals surface area contributed by atoms with Crippen molar-refractivity contribution in [1.29, 1.82) is 0 Å². The molecule has 0 aliphatic rings. The van der Waals surface area contributed by atoms with Crippen molar-refractivity contribution in [2.45, 2.75) is 6.61 Å². The van der Waals surface area contributed by atoms with E-state index in [9.17, 15) is 4.79 Å². The Balaban J connectivity index is 2.10. The summed E-state index contributed by atoms with van der Waals surface area (Å²) in [6.45, 7) is 0.142. The van der Waals surface area contributed by atoms with Gasteiger partial charge in [0.25, 0.3) is 0 Å². The minimum absolute atomic E-state index is 0.142. The molecule has 0 amide bonds. The summed E-state index contributed by atoms with van der Waals surface area (Å²) in [5, 5.41) is 0. The second kappa shape index (κ2) is 6.95. The van der Waals surface area contributed by atoms with Gasteiger partial charge in [-0.1, -0.05) is 31.9 Å². The van der Waals surface area contributed by atoms with Crippen LogP contribution in [0.4, 0.5) is 5.69 Å². The van der Waals surface area contributed by atoms with Crippen LogP contribution in [0.3, 0.4) is 0 Å². The number of ether oxygens (including phenoxy) is 2. The summed E-state index contributed by atoms with van der Waals surface area (Å²) in [6.07, 6.45) is 0. The molecule has 0 unspecified atom stereocenters. The summed E-state index contributed by atoms with van der Waals surface area (Å²) in [5.74, 6) is 0.272. The zero-order chi connectivity index (χ0) is 15.4. The fraction of sp³-hybridized carbons (Fsp3) is 0.133. The topological polar surface area (TPSA) is 61.5 Å². The van der Waals surface area contributed by atoms with E-state index in [1.165, 1.54) is 0 Å². The number of esters is 1. The Kier molecular flexibility index (Phi) is 5.25. The summed E-state index contributed by atoms with van der Waals surface area (Å²) < 4.78 is 12.0. The van der Waals surface area contributed by atoms with Gasteiger partial charge in [-0.25, -0.2) is 4.79 Å². The standard InChI is InChI=1S/C15H13Br2NO3/c1-20-13-2-3-14(17)10(6-13)8-21-15(19)9-4-11(16)7-12(18)5-9/h2-7H,8,18H2,1H3. The van der Waals surface area contributed by atoms with E-state index in [0.29, 0.717) is 17.0 Å². The Bertz CT molecular complexity index is 654. The minimum Gasteiger partial charge on any atom is -0.497 e. The van der Waals surface area contributed by atoms with E-state index in [-0.39, 0.29) is 6.61 Å². The average Bonchev–Trinajstić information content (AvgIpc) is 2.45. The fourth-order valence-electron chi connectivity index (χ4n) is 1.75. The maximum atomic E-state index is 12.0. The summed E-state index contributed by atoms with van der Waals surface area (Å²) in [6, 6.07) is 10.4. The number of nitrogen functional groups attached to an aromatic ring is 1. The maximum Gasteiger partial charge on any atom is 0.338 e. The van der Waals surface area contributed by atoms with Crippen molar-refractivity contribution in [3.63, 3.8) is 0 Å². The van der Waals surface area contributed by atoms with Gasteiger partial charge in [0.15, 0.2) is 0 Å². The zero-order valence-corrected chi connectivity index (χ0v) is 14.4. The molecular formula is C15H13Br2NO3. The van der Waals surface area contributed by atoms with Crippen molar-refractivity contribution in [1.82, 2.24) is 0 Å². The summed E-state index contributed by atoms with van der Waals surface area (Å²) in [7, 11) is 1.59. The molecule has 0 fully saturated rings. The molecule has 6 heteroatoms. The van der Waals surface area contributed by atoms with E-state index in [1.54, 1.807) is 25.3 Å². The quantitative estimate of drug-likeness (QED) is 0.602. The first-order valence-electron chi connectivity index (χ1n) is 6.05. The van der Waals surface area contributed by atoms with Crippen molar-refractivity contribution in [3.05, 3.63) is 56.5 Å². The smallest absolute Gasteiger partial charge is 0.338 e. The molecule has 0 saturated heterocycles. The highest BCUT2D eigenvalue weighted by Gasteiger charge is 2.11. The molecule has 0 aliphatic heterocycles.